The van der Waals surface area contributed by atoms with Gasteiger partial charge >= 0.3 is 0 Å². The number of aryl methyl sites for hydroxylation is 2. The second-order valence-electron chi connectivity index (χ2n) is 3.44. The van der Waals surface area contributed by atoms with Crippen molar-refractivity contribution in [3.05, 3.63) is 35.5 Å². The van der Waals surface area contributed by atoms with Crippen LogP contribution in [0.4, 0.5) is 0 Å². The summed E-state index contributed by atoms with van der Waals surface area (Å²) in [6.07, 6.45) is 0. The quantitative estimate of drug-likeness (QED) is 0.703. The average molecular weight is 174 g/mol. The Labute approximate surface area is 78.0 Å². The lowest BCUT2D eigenvalue weighted by molar-refractivity contribution is 0.918. The number of fused-ring (bicyclic) bond motifs is 1. The molecule has 0 aliphatic rings. The standard InChI is InChI=1S/C11H14N2/c1-8-5-10-6-9(7-12)3-4-11(10)13(8)2/h3-6H,7,12H2,1-2H3. The summed E-state index contributed by atoms with van der Waals surface area (Å²) in [7, 11) is 2.08. The highest BCUT2D eigenvalue weighted by atomic mass is 14.9. The second-order valence-corrected chi connectivity index (χ2v) is 3.44. The third-order valence-electron chi connectivity index (χ3n) is 2.58. The molecule has 0 aliphatic carbocycles. The first-order valence-corrected chi connectivity index (χ1v) is 4.47. The third-order valence-corrected chi connectivity index (χ3v) is 2.58. The van der Waals surface area contributed by atoms with E-state index in [1.54, 1.807) is 0 Å². The van der Waals surface area contributed by atoms with Gasteiger partial charge in [-0.25, -0.2) is 0 Å². The first-order chi connectivity index (χ1) is 6.22. The summed E-state index contributed by atoms with van der Waals surface area (Å²) in [4.78, 5) is 0. The van der Waals surface area contributed by atoms with E-state index in [0.29, 0.717) is 6.54 Å². The van der Waals surface area contributed by atoms with Crippen molar-refractivity contribution in [2.45, 2.75) is 13.5 Å². The molecule has 0 amide bonds. The van der Waals surface area contributed by atoms with Crippen molar-refractivity contribution < 1.29 is 0 Å². The van der Waals surface area contributed by atoms with Crippen molar-refractivity contribution in [1.29, 1.82) is 0 Å². The van der Waals surface area contributed by atoms with Crippen LogP contribution in [-0.2, 0) is 13.6 Å². The molecule has 1 heterocycles. The first-order valence-electron chi connectivity index (χ1n) is 4.47. The molecule has 0 unspecified atom stereocenters. The van der Waals surface area contributed by atoms with Crippen LogP contribution in [0.15, 0.2) is 24.3 Å². The van der Waals surface area contributed by atoms with Crippen LogP contribution in [0, 0.1) is 6.92 Å². The summed E-state index contributed by atoms with van der Waals surface area (Å²) in [5.41, 5.74) is 9.33. The SMILES string of the molecule is Cc1cc2cc(CN)ccc2n1C. The summed E-state index contributed by atoms with van der Waals surface area (Å²) in [5.74, 6) is 0. The summed E-state index contributed by atoms with van der Waals surface area (Å²) in [5, 5.41) is 1.28. The van der Waals surface area contributed by atoms with E-state index >= 15 is 0 Å². The van der Waals surface area contributed by atoms with Crippen LogP contribution in [-0.4, -0.2) is 4.57 Å². The maximum absolute atomic E-state index is 5.58. The molecular weight excluding hydrogens is 160 g/mol. The largest absolute Gasteiger partial charge is 0.348 e. The van der Waals surface area contributed by atoms with Crippen LogP contribution in [0.5, 0.6) is 0 Å². The van der Waals surface area contributed by atoms with E-state index in [9.17, 15) is 0 Å². The predicted octanol–water partition coefficient (Wildman–Crippen LogP) is 1.95. The molecule has 0 atom stereocenters. The van der Waals surface area contributed by atoms with Crippen molar-refractivity contribution in [3.63, 3.8) is 0 Å². The fourth-order valence-corrected chi connectivity index (χ4v) is 1.66. The van der Waals surface area contributed by atoms with Gasteiger partial charge in [0.15, 0.2) is 0 Å². The number of rotatable bonds is 1. The number of hydrogen-bond donors (Lipinski definition) is 1. The van der Waals surface area contributed by atoms with Gasteiger partial charge in [-0.05, 0) is 30.7 Å². The summed E-state index contributed by atoms with van der Waals surface area (Å²) < 4.78 is 2.19. The molecule has 1 aromatic heterocycles. The molecule has 0 spiro atoms. The normalized spacial score (nSPS) is 11.0. The molecule has 0 fully saturated rings. The van der Waals surface area contributed by atoms with E-state index in [4.69, 9.17) is 5.73 Å². The molecule has 0 radical (unpaired) electrons. The van der Waals surface area contributed by atoms with Gasteiger partial charge in [-0.15, -0.1) is 0 Å². The highest BCUT2D eigenvalue weighted by Crippen LogP contribution is 2.19. The number of hydrogen-bond acceptors (Lipinski definition) is 1. The lowest BCUT2D eigenvalue weighted by atomic mass is 10.1. The van der Waals surface area contributed by atoms with Gasteiger partial charge in [0.2, 0.25) is 0 Å². The van der Waals surface area contributed by atoms with Crippen LogP contribution >= 0.6 is 0 Å². The van der Waals surface area contributed by atoms with Crippen LogP contribution in [0.25, 0.3) is 10.9 Å². The maximum Gasteiger partial charge on any atom is 0.0479 e. The summed E-state index contributed by atoms with van der Waals surface area (Å²) in [6, 6.07) is 8.56. The molecule has 2 rings (SSSR count). The Morgan fingerprint density at radius 3 is 2.77 bits per heavy atom. The Bertz CT molecular complexity index is 441. The molecule has 2 nitrogen and oxygen atoms in total. The van der Waals surface area contributed by atoms with Gasteiger partial charge in [-0.3, -0.25) is 0 Å². The first kappa shape index (κ1) is 8.32. The minimum atomic E-state index is 0.615. The fraction of sp³-hybridized carbons (Fsp3) is 0.273. The van der Waals surface area contributed by atoms with E-state index in [2.05, 4.69) is 42.8 Å². The van der Waals surface area contributed by atoms with Crippen LogP contribution in [0.1, 0.15) is 11.3 Å². The summed E-state index contributed by atoms with van der Waals surface area (Å²) in [6.45, 7) is 2.73. The highest BCUT2D eigenvalue weighted by molar-refractivity contribution is 5.81. The predicted molar refractivity (Wildman–Crippen MR) is 55.5 cm³/mol. The van der Waals surface area contributed by atoms with Crippen molar-refractivity contribution in [2.24, 2.45) is 12.8 Å². The molecule has 1 aromatic carbocycles. The lowest BCUT2D eigenvalue weighted by Gasteiger charge is -1.99. The van der Waals surface area contributed by atoms with E-state index < -0.39 is 0 Å². The minimum Gasteiger partial charge on any atom is -0.348 e. The van der Waals surface area contributed by atoms with Crippen molar-refractivity contribution in [3.8, 4) is 0 Å². The highest BCUT2D eigenvalue weighted by Gasteiger charge is 2.01. The van der Waals surface area contributed by atoms with Crippen molar-refractivity contribution in [2.75, 3.05) is 0 Å². The number of benzene rings is 1. The number of nitrogens with two attached hydrogens (primary N) is 1. The zero-order valence-corrected chi connectivity index (χ0v) is 8.04. The minimum absolute atomic E-state index is 0.615. The Balaban J connectivity index is 2.73. The van der Waals surface area contributed by atoms with Gasteiger partial charge in [0.05, 0.1) is 0 Å². The Morgan fingerprint density at radius 2 is 2.08 bits per heavy atom. The van der Waals surface area contributed by atoms with E-state index in [1.807, 2.05) is 0 Å². The number of nitrogens with zero attached hydrogens (tertiary/aromatic N) is 1. The van der Waals surface area contributed by atoms with E-state index in [1.165, 1.54) is 22.2 Å². The van der Waals surface area contributed by atoms with E-state index in [-0.39, 0.29) is 0 Å². The van der Waals surface area contributed by atoms with Crippen molar-refractivity contribution >= 4 is 10.9 Å². The molecule has 2 aromatic rings. The molecule has 2 heteroatoms. The van der Waals surface area contributed by atoms with Gasteiger partial charge in [-0.2, -0.15) is 0 Å². The van der Waals surface area contributed by atoms with Crippen LogP contribution in [0.3, 0.4) is 0 Å². The molecule has 0 saturated carbocycles. The average Bonchev–Trinajstić information content (AvgIpc) is 2.42. The lowest BCUT2D eigenvalue weighted by Crippen LogP contribution is -1.95. The molecule has 2 N–H and O–H groups in total. The van der Waals surface area contributed by atoms with Crippen LogP contribution < -0.4 is 5.73 Å². The molecular formula is C11H14N2. The Hall–Kier alpha value is -1.28. The molecule has 0 bridgehead atoms. The van der Waals surface area contributed by atoms with Gasteiger partial charge in [0.1, 0.15) is 0 Å². The second kappa shape index (κ2) is 2.89. The molecule has 68 valence electrons. The fourth-order valence-electron chi connectivity index (χ4n) is 1.66. The Morgan fingerprint density at radius 1 is 1.31 bits per heavy atom. The monoisotopic (exact) mass is 174 g/mol. The smallest absolute Gasteiger partial charge is 0.0479 e. The van der Waals surface area contributed by atoms with Gasteiger partial charge in [0, 0.05) is 30.2 Å². The zero-order chi connectivity index (χ0) is 9.42. The van der Waals surface area contributed by atoms with E-state index in [0.717, 1.165) is 0 Å². The maximum atomic E-state index is 5.58. The molecule has 13 heavy (non-hydrogen) atoms. The zero-order valence-electron chi connectivity index (χ0n) is 8.04. The van der Waals surface area contributed by atoms with Crippen LogP contribution in [0.2, 0.25) is 0 Å². The van der Waals surface area contributed by atoms with Gasteiger partial charge in [0.25, 0.3) is 0 Å². The van der Waals surface area contributed by atoms with Crippen molar-refractivity contribution in [1.82, 2.24) is 4.57 Å². The molecule has 0 aliphatic heterocycles. The summed E-state index contributed by atoms with van der Waals surface area (Å²) >= 11 is 0. The molecule has 0 saturated heterocycles. The van der Waals surface area contributed by atoms with Gasteiger partial charge in [-0.1, -0.05) is 6.07 Å². The van der Waals surface area contributed by atoms with Gasteiger partial charge < -0.3 is 10.3 Å². The topological polar surface area (TPSA) is 30.9 Å². The third kappa shape index (κ3) is 1.23. The Kier molecular flexibility index (Phi) is 1.85. The number of aromatic nitrogens is 1.